The third-order valence-corrected chi connectivity index (χ3v) is 5.43. The van der Waals surface area contributed by atoms with Crippen molar-refractivity contribution < 1.29 is 13.2 Å². The van der Waals surface area contributed by atoms with Crippen molar-refractivity contribution in [2.75, 3.05) is 26.2 Å². The lowest BCUT2D eigenvalue weighted by molar-refractivity contribution is -0.131. The van der Waals surface area contributed by atoms with Crippen molar-refractivity contribution >= 4 is 15.7 Å². The van der Waals surface area contributed by atoms with Crippen molar-refractivity contribution in [3.63, 3.8) is 0 Å². The van der Waals surface area contributed by atoms with E-state index in [0.29, 0.717) is 13.1 Å². The molecule has 94 valence electrons. The van der Waals surface area contributed by atoms with Gasteiger partial charge in [0.25, 0.3) is 0 Å². The molecule has 1 amide bonds. The fourth-order valence-electron chi connectivity index (χ4n) is 1.69. The maximum absolute atomic E-state index is 12.0. The Kier molecular flexibility index (Phi) is 4.32. The summed E-state index contributed by atoms with van der Waals surface area (Å²) in [6.45, 7) is 7.36. The molecule has 5 nitrogen and oxygen atoms in total. The van der Waals surface area contributed by atoms with Crippen LogP contribution in [0.3, 0.4) is 0 Å². The minimum absolute atomic E-state index is 0.268. The molecule has 1 saturated heterocycles. The van der Waals surface area contributed by atoms with E-state index in [1.807, 2.05) is 0 Å². The largest absolute Gasteiger partial charge is 0.339 e. The molecule has 0 aromatic heterocycles. The second-order valence-electron chi connectivity index (χ2n) is 4.36. The molecule has 6 heteroatoms. The third-order valence-electron chi connectivity index (χ3n) is 2.93. The maximum atomic E-state index is 12.0. The Hall–Kier alpha value is -0.620. The Morgan fingerprint density at radius 3 is 2.12 bits per heavy atom. The van der Waals surface area contributed by atoms with Crippen LogP contribution in [0.15, 0.2) is 0 Å². The van der Waals surface area contributed by atoms with E-state index in [-0.39, 0.29) is 5.91 Å². The molecule has 0 saturated carbocycles. The zero-order valence-electron chi connectivity index (χ0n) is 10.1. The Morgan fingerprint density at radius 1 is 1.19 bits per heavy atom. The van der Waals surface area contributed by atoms with E-state index in [1.165, 1.54) is 6.92 Å². The number of carbonyl (C=O) groups excluding carboxylic acids is 1. The lowest BCUT2D eigenvalue weighted by Crippen LogP contribution is -2.51. The standard InChI is InChI=1S/C10H20N2O3S/c1-8(2)16(14,15)9(3)10(13)12-6-4-11-5-7-12/h8-9,11H,4-7H2,1-3H3. The molecule has 1 heterocycles. The van der Waals surface area contributed by atoms with Crippen molar-refractivity contribution in [2.24, 2.45) is 0 Å². The average molecular weight is 248 g/mol. The maximum Gasteiger partial charge on any atom is 0.240 e. The van der Waals surface area contributed by atoms with Crippen LogP contribution in [0.5, 0.6) is 0 Å². The van der Waals surface area contributed by atoms with Gasteiger partial charge in [-0.25, -0.2) is 8.42 Å². The van der Waals surface area contributed by atoms with E-state index in [4.69, 9.17) is 0 Å². The number of carbonyl (C=O) groups is 1. The van der Waals surface area contributed by atoms with Gasteiger partial charge in [0.15, 0.2) is 9.84 Å². The molecule has 1 unspecified atom stereocenters. The molecule has 1 aliphatic rings. The fraction of sp³-hybridized carbons (Fsp3) is 0.900. The summed E-state index contributed by atoms with van der Waals surface area (Å²) in [6, 6.07) is 0. The van der Waals surface area contributed by atoms with Gasteiger partial charge in [-0.1, -0.05) is 0 Å². The van der Waals surface area contributed by atoms with Crippen LogP contribution in [-0.2, 0) is 14.6 Å². The number of sulfone groups is 1. The highest BCUT2D eigenvalue weighted by atomic mass is 32.2. The van der Waals surface area contributed by atoms with Crippen molar-refractivity contribution in [1.82, 2.24) is 10.2 Å². The Balaban J connectivity index is 2.73. The SMILES string of the molecule is CC(C)S(=O)(=O)C(C)C(=O)N1CCNCC1. The molecular weight excluding hydrogens is 228 g/mol. The minimum Gasteiger partial charge on any atom is -0.339 e. The molecule has 16 heavy (non-hydrogen) atoms. The quantitative estimate of drug-likeness (QED) is 0.740. The topological polar surface area (TPSA) is 66.5 Å². The summed E-state index contributed by atoms with van der Waals surface area (Å²) < 4.78 is 23.7. The van der Waals surface area contributed by atoms with Crippen LogP contribution in [0, 0.1) is 0 Å². The summed E-state index contributed by atoms with van der Waals surface area (Å²) in [7, 11) is -3.34. The Morgan fingerprint density at radius 2 is 1.69 bits per heavy atom. The van der Waals surface area contributed by atoms with Crippen molar-refractivity contribution in [3.05, 3.63) is 0 Å². The molecule has 0 radical (unpaired) electrons. The van der Waals surface area contributed by atoms with Gasteiger partial charge in [-0.15, -0.1) is 0 Å². The number of amides is 1. The molecule has 0 aliphatic carbocycles. The van der Waals surface area contributed by atoms with Crippen LogP contribution in [0.2, 0.25) is 0 Å². The van der Waals surface area contributed by atoms with Crippen molar-refractivity contribution in [2.45, 2.75) is 31.3 Å². The first-order chi connectivity index (χ1) is 7.37. The number of piperazine rings is 1. The minimum atomic E-state index is -3.34. The van der Waals surface area contributed by atoms with E-state index >= 15 is 0 Å². The highest BCUT2D eigenvalue weighted by Gasteiger charge is 2.33. The van der Waals surface area contributed by atoms with Gasteiger partial charge in [0.1, 0.15) is 5.25 Å². The molecule has 1 N–H and O–H groups in total. The van der Waals surface area contributed by atoms with Crippen molar-refractivity contribution in [3.8, 4) is 0 Å². The summed E-state index contributed by atoms with van der Waals surface area (Å²) in [5.41, 5.74) is 0. The molecule has 0 spiro atoms. The predicted molar refractivity (Wildman–Crippen MR) is 63.0 cm³/mol. The smallest absolute Gasteiger partial charge is 0.240 e. The molecule has 0 bridgehead atoms. The molecule has 1 aliphatic heterocycles. The van der Waals surface area contributed by atoms with Gasteiger partial charge in [0.05, 0.1) is 5.25 Å². The van der Waals surface area contributed by atoms with Crippen LogP contribution >= 0.6 is 0 Å². The number of nitrogens with zero attached hydrogens (tertiary/aromatic N) is 1. The normalized spacial score (nSPS) is 19.9. The third kappa shape index (κ3) is 2.74. The van der Waals surface area contributed by atoms with E-state index in [2.05, 4.69) is 5.32 Å². The van der Waals surface area contributed by atoms with Gasteiger partial charge in [0.2, 0.25) is 5.91 Å². The number of hydrogen-bond acceptors (Lipinski definition) is 4. The fourth-order valence-corrected chi connectivity index (χ4v) is 2.94. The molecule has 0 aromatic carbocycles. The lowest BCUT2D eigenvalue weighted by Gasteiger charge is -2.30. The number of nitrogens with one attached hydrogen (secondary N) is 1. The Labute approximate surface area is 97.1 Å². The molecule has 1 rings (SSSR count). The summed E-state index contributed by atoms with van der Waals surface area (Å²) in [5, 5.41) is 1.70. The highest BCUT2D eigenvalue weighted by Crippen LogP contribution is 2.12. The van der Waals surface area contributed by atoms with Gasteiger partial charge in [-0.05, 0) is 20.8 Å². The first-order valence-corrected chi connectivity index (χ1v) is 7.20. The van der Waals surface area contributed by atoms with Crippen LogP contribution in [0.25, 0.3) is 0 Å². The first kappa shape index (κ1) is 13.4. The van der Waals surface area contributed by atoms with Crippen LogP contribution in [-0.4, -0.2) is 55.9 Å². The zero-order chi connectivity index (χ0) is 12.3. The van der Waals surface area contributed by atoms with Gasteiger partial charge in [0, 0.05) is 26.2 Å². The summed E-state index contributed by atoms with van der Waals surface area (Å²) in [5.74, 6) is -0.268. The first-order valence-electron chi connectivity index (χ1n) is 5.59. The molecule has 0 aromatic rings. The van der Waals surface area contributed by atoms with E-state index < -0.39 is 20.3 Å². The van der Waals surface area contributed by atoms with E-state index in [0.717, 1.165) is 13.1 Å². The molecular formula is C10H20N2O3S. The van der Waals surface area contributed by atoms with Crippen molar-refractivity contribution in [1.29, 1.82) is 0 Å². The van der Waals surface area contributed by atoms with E-state index in [9.17, 15) is 13.2 Å². The number of rotatable bonds is 3. The summed E-state index contributed by atoms with van der Waals surface area (Å²) in [6.07, 6.45) is 0. The number of hydrogen-bond donors (Lipinski definition) is 1. The average Bonchev–Trinajstić information content (AvgIpc) is 2.28. The second-order valence-corrected chi connectivity index (χ2v) is 7.18. The van der Waals surface area contributed by atoms with Crippen LogP contribution in [0.1, 0.15) is 20.8 Å². The molecule has 1 fully saturated rings. The Bertz CT molecular complexity index is 345. The van der Waals surface area contributed by atoms with Crippen LogP contribution in [0.4, 0.5) is 0 Å². The summed E-state index contributed by atoms with van der Waals surface area (Å²) >= 11 is 0. The highest BCUT2D eigenvalue weighted by molar-refractivity contribution is 7.93. The predicted octanol–water partition coefficient (Wildman–Crippen LogP) is -0.370. The zero-order valence-corrected chi connectivity index (χ0v) is 10.9. The molecule has 1 atom stereocenters. The van der Waals surface area contributed by atoms with E-state index in [1.54, 1.807) is 18.7 Å². The monoisotopic (exact) mass is 248 g/mol. The lowest BCUT2D eigenvalue weighted by atomic mass is 10.3. The van der Waals surface area contributed by atoms with Gasteiger partial charge in [-0.2, -0.15) is 0 Å². The van der Waals surface area contributed by atoms with Gasteiger partial charge >= 0.3 is 0 Å². The van der Waals surface area contributed by atoms with Gasteiger partial charge in [-0.3, -0.25) is 4.79 Å². The van der Waals surface area contributed by atoms with Crippen LogP contribution < -0.4 is 5.32 Å². The summed E-state index contributed by atoms with van der Waals surface area (Å²) in [4.78, 5) is 13.6. The second kappa shape index (κ2) is 5.14. The van der Waals surface area contributed by atoms with Gasteiger partial charge < -0.3 is 10.2 Å².